The molecule has 4 rings (SSSR count). The predicted molar refractivity (Wildman–Crippen MR) is 114 cm³/mol. The molecule has 0 aliphatic rings. The molecule has 0 aliphatic carbocycles. The molecule has 0 unspecified atom stereocenters. The number of aryl methyl sites for hydroxylation is 2. The molecule has 0 atom stereocenters. The molecule has 1 amide bonds. The standard InChI is InChI=1S/C21H19ClN4OS/c1-15-12-17(22)13-18-19(15)24-21(28-18)26(10-5-9-25-11-8-23-14-25)20(27)16-6-3-2-4-7-16/h2-4,6-8,11-14H,5,9-10H2,1H3. The fourth-order valence-electron chi connectivity index (χ4n) is 3.11. The van der Waals surface area contributed by atoms with Gasteiger partial charge in [-0.25, -0.2) is 9.97 Å². The first-order chi connectivity index (χ1) is 13.6. The second-order valence-electron chi connectivity index (χ2n) is 6.54. The van der Waals surface area contributed by atoms with Crippen LogP contribution in [-0.2, 0) is 6.54 Å². The van der Waals surface area contributed by atoms with Crippen LogP contribution in [0.4, 0.5) is 5.13 Å². The smallest absolute Gasteiger partial charge is 0.260 e. The van der Waals surface area contributed by atoms with Crippen molar-refractivity contribution in [3.8, 4) is 0 Å². The lowest BCUT2D eigenvalue weighted by Crippen LogP contribution is -2.32. The van der Waals surface area contributed by atoms with E-state index in [9.17, 15) is 4.79 Å². The van der Waals surface area contributed by atoms with E-state index in [0.717, 1.165) is 28.7 Å². The van der Waals surface area contributed by atoms with Gasteiger partial charge >= 0.3 is 0 Å². The van der Waals surface area contributed by atoms with Crippen molar-refractivity contribution in [1.82, 2.24) is 14.5 Å². The summed E-state index contributed by atoms with van der Waals surface area (Å²) in [5, 5.41) is 1.38. The molecule has 2 heterocycles. The molecule has 142 valence electrons. The number of thiazole rings is 1. The minimum atomic E-state index is -0.0472. The van der Waals surface area contributed by atoms with Crippen LogP contribution in [0.3, 0.4) is 0 Å². The maximum absolute atomic E-state index is 13.2. The Bertz CT molecular complexity index is 1090. The van der Waals surface area contributed by atoms with E-state index < -0.39 is 0 Å². The van der Waals surface area contributed by atoms with E-state index in [1.165, 1.54) is 11.3 Å². The molecule has 0 fully saturated rings. The molecule has 7 heteroatoms. The second-order valence-corrected chi connectivity index (χ2v) is 7.99. The lowest BCUT2D eigenvalue weighted by Gasteiger charge is -2.20. The fraction of sp³-hybridized carbons (Fsp3) is 0.190. The zero-order valence-electron chi connectivity index (χ0n) is 15.4. The van der Waals surface area contributed by atoms with Gasteiger partial charge in [0.15, 0.2) is 5.13 Å². The summed E-state index contributed by atoms with van der Waals surface area (Å²) in [6.07, 6.45) is 6.26. The summed E-state index contributed by atoms with van der Waals surface area (Å²) in [5.41, 5.74) is 2.56. The Morgan fingerprint density at radius 2 is 2.07 bits per heavy atom. The fourth-order valence-corrected chi connectivity index (χ4v) is 4.55. The van der Waals surface area contributed by atoms with Gasteiger partial charge in [-0.05, 0) is 43.2 Å². The van der Waals surface area contributed by atoms with Crippen LogP contribution in [0.15, 0.2) is 61.2 Å². The zero-order chi connectivity index (χ0) is 19.5. The van der Waals surface area contributed by atoms with E-state index in [0.29, 0.717) is 22.3 Å². The predicted octanol–water partition coefficient (Wildman–Crippen LogP) is 5.19. The number of benzene rings is 2. The summed E-state index contributed by atoms with van der Waals surface area (Å²) in [7, 11) is 0. The number of nitrogens with zero attached hydrogens (tertiary/aromatic N) is 4. The number of imidazole rings is 1. The summed E-state index contributed by atoms with van der Waals surface area (Å²) < 4.78 is 2.99. The van der Waals surface area contributed by atoms with Crippen molar-refractivity contribution in [2.75, 3.05) is 11.4 Å². The van der Waals surface area contributed by atoms with Crippen LogP contribution in [0.5, 0.6) is 0 Å². The highest BCUT2D eigenvalue weighted by Crippen LogP contribution is 2.33. The van der Waals surface area contributed by atoms with E-state index in [1.54, 1.807) is 17.4 Å². The van der Waals surface area contributed by atoms with Crippen LogP contribution in [0.1, 0.15) is 22.3 Å². The van der Waals surface area contributed by atoms with Gasteiger partial charge in [0.05, 0.1) is 16.5 Å². The molecule has 2 aromatic heterocycles. The van der Waals surface area contributed by atoms with E-state index >= 15 is 0 Å². The molecule has 2 aromatic carbocycles. The molecule has 0 radical (unpaired) electrons. The number of hydrogen-bond acceptors (Lipinski definition) is 4. The molecular weight excluding hydrogens is 392 g/mol. The normalized spacial score (nSPS) is 11.1. The molecule has 28 heavy (non-hydrogen) atoms. The molecule has 0 saturated heterocycles. The molecule has 0 bridgehead atoms. The first-order valence-corrected chi connectivity index (χ1v) is 10.2. The average Bonchev–Trinajstić information content (AvgIpc) is 3.35. The van der Waals surface area contributed by atoms with Gasteiger partial charge in [0.1, 0.15) is 0 Å². The maximum atomic E-state index is 13.2. The van der Waals surface area contributed by atoms with Gasteiger partial charge in [0, 0.05) is 36.1 Å². The number of amides is 1. The topological polar surface area (TPSA) is 51.0 Å². The van der Waals surface area contributed by atoms with Crippen molar-refractivity contribution in [2.45, 2.75) is 19.9 Å². The lowest BCUT2D eigenvalue weighted by molar-refractivity contribution is 0.0986. The van der Waals surface area contributed by atoms with Crippen molar-refractivity contribution in [2.24, 2.45) is 0 Å². The Hall–Kier alpha value is -2.70. The van der Waals surface area contributed by atoms with Crippen LogP contribution in [0.25, 0.3) is 10.2 Å². The van der Waals surface area contributed by atoms with Gasteiger partial charge < -0.3 is 4.57 Å². The highest BCUT2D eigenvalue weighted by Gasteiger charge is 2.21. The molecular formula is C21H19ClN4OS. The quantitative estimate of drug-likeness (QED) is 0.439. The number of rotatable bonds is 6. The molecule has 4 aromatic rings. The summed E-state index contributed by atoms with van der Waals surface area (Å²) >= 11 is 7.70. The number of hydrogen-bond donors (Lipinski definition) is 0. The maximum Gasteiger partial charge on any atom is 0.260 e. The summed E-state index contributed by atoms with van der Waals surface area (Å²) in [5.74, 6) is -0.0472. The van der Waals surface area contributed by atoms with E-state index in [2.05, 4.69) is 4.98 Å². The van der Waals surface area contributed by atoms with Crippen LogP contribution < -0.4 is 4.90 Å². The number of fused-ring (bicyclic) bond motifs is 1. The highest BCUT2D eigenvalue weighted by molar-refractivity contribution is 7.22. The third-order valence-electron chi connectivity index (χ3n) is 4.49. The Morgan fingerprint density at radius 1 is 1.25 bits per heavy atom. The number of carbonyl (C=O) groups excluding carboxylic acids is 1. The minimum Gasteiger partial charge on any atom is -0.337 e. The van der Waals surface area contributed by atoms with Gasteiger partial charge in [-0.1, -0.05) is 41.1 Å². The Balaban J connectivity index is 1.65. The Morgan fingerprint density at radius 3 is 2.82 bits per heavy atom. The van der Waals surface area contributed by atoms with Crippen LogP contribution in [0, 0.1) is 6.92 Å². The van der Waals surface area contributed by atoms with Crippen LogP contribution in [0.2, 0.25) is 5.02 Å². The molecule has 0 saturated carbocycles. The number of aromatic nitrogens is 3. The average molecular weight is 411 g/mol. The number of carbonyl (C=O) groups is 1. The lowest BCUT2D eigenvalue weighted by atomic mass is 10.2. The molecule has 5 nitrogen and oxygen atoms in total. The Labute approximate surface area is 172 Å². The van der Waals surface area contributed by atoms with Crippen molar-refractivity contribution in [3.63, 3.8) is 0 Å². The van der Waals surface area contributed by atoms with Gasteiger partial charge in [-0.3, -0.25) is 9.69 Å². The van der Waals surface area contributed by atoms with Crippen molar-refractivity contribution >= 4 is 44.2 Å². The van der Waals surface area contributed by atoms with E-state index in [4.69, 9.17) is 16.6 Å². The van der Waals surface area contributed by atoms with E-state index in [1.807, 2.05) is 60.2 Å². The summed E-state index contributed by atoms with van der Waals surface area (Å²) in [4.78, 5) is 23.8. The Kier molecular flexibility index (Phi) is 5.41. The van der Waals surface area contributed by atoms with Crippen molar-refractivity contribution in [1.29, 1.82) is 0 Å². The number of anilines is 1. The SMILES string of the molecule is Cc1cc(Cl)cc2sc(N(CCCn3ccnc3)C(=O)c3ccccc3)nc12. The van der Waals surface area contributed by atoms with Crippen molar-refractivity contribution in [3.05, 3.63) is 77.3 Å². The third-order valence-corrected chi connectivity index (χ3v) is 5.74. The van der Waals surface area contributed by atoms with E-state index in [-0.39, 0.29) is 5.91 Å². The van der Waals surface area contributed by atoms with Crippen LogP contribution in [-0.4, -0.2) is 27.0 Å². The third kappa shape index (κ3) is 3.93. The van der Waals surface area contributed by atoms with Crippen molar-refractivity contribution < 1.29 is 4.79 Å². The highest BCUT2D eigenvalue weighted by atomic mass is 35.5. The van der Waals surface area contributed by atoms with Gasteiger partial charge in [0.2, 0.25) is 0 Å². The number of halogens is 1. The first kappa shape index (κ1) is 18.7. The largest absolute Gasteiger partial charge is 0.337 e. The van der Waals surface area contributed by atoms with Gasteiger partial charge in [-0.2, -0.15) is 0 Å². The summed E-state index contributed by atoms with van der Waals surface area (Å²) in [6.45, 7) is 3.34. The van der Waals surface area contributed by atoms with Gasteiger partial charge in [-0.15, -0.1) is 0 Å². The second kappa shape index (κ2) is 8.12. The first-order valence-electron chi connectivity index (χ1n) is 9.01. The monoisotopic (exact) mass is 410 g/mol. The summed E-state index contributed by atoms with van der Waals surface area (Å²) in [6, 6.07) is 13.1. The molecule has 0 spiro atoms. The van der Waals surface area contributed by atoms with Gasteiger partial charge in [0.25, 0.3) is 5.91 Å². The van der Waals surface area contributed by atoms with Crippen LogP contribution >= 0.6 is 22.9 Å². The molecule has 0 aliphatic heterocycles. The minimum absolute atomic E-state index is 0.0472. The molecule has 0 N–H and O–H groups in total. The zero-order valence-corrected chi connectivity index (χ0v) is 17.0.